The molecule has 0 amide bonds. The average Bonchev–Trinajstić information content (AvgIpc) is 3.05. The molecule has 5 heteroatoms. The molecule has 0 spiro atoms. The number of rotatable bonds is 8. The van der Waals surface area contributed by atoms with E-state index in [0.717, 1.165) is 61.3 Å². The summed E-state index contributed by atoms with van der Waals surface area (Å²) in [7, 11) is 3.90. The molecule has 0 radical (unpaired) electrons. The molecule has 68 heavy (non-hydrogen) atoms. The average molecular weight is 1080 g/mol. The summed E-state index contributed by atoms with van der Waals surface area (Å²) in [5.41, 5.74) is 7.57. The van der Waals surface area contributed by atoms with E-state index >= 15 is 0 Å². The third-order valence-electron chi connectivity index (χ3n) is 12.2. The fourth-order valence-electron chi connectivity index (χ4n) is 8.66. The van der Waals surface area contributed by atoms with Gasteiger partial charge in [-0.05, 0) is 104 Å². The molecular weight excluding hydrogens is 1010 g/mol. The Morgan fingerprint density at radius 2 is 1.28 bits per heavy atom. The van der Waals surface area contributed by atoms with Gasteiger partial charge in [0.15, 0.2) is 0 Å². The summed E-state index contributed by atoms with van der Waals surface area (Å²) < 4.78 is 119. The molecule has 0 saturated heterocycles. The van der Waals surface area contributed by atoms with Crippen molar-refractivity contribution in [2.45, 2.75) is 92.2 Å². The first kappa shape index (κ1) is 34.0. The second-order valence-corrected chi connectivity index (χ2v) is 19.3. The van der Waals surface area contributed by atoms with Gasteiger partial charge in [0.1, 0.15) is 5.82 Å². The summed E-state index contributed by atoms with van der Waals surface area (Å²) in [5, 5.41) is 0. The predicted octanol–water partition coefficient (Wildman–Crippen LogP) is 16.9. The maximum Gasteiger partial charge on any atom is 2.00 e. The molecule has 344 valence electrons. The molecule has 0 bridgehead atoms. The van der Waals surface area contributed by atoms with Gasteiger partial charge in [-0.1, -0.05) is 194 Å². The third kappa shape index (κ3) is 9.54. The van der Waals surface area contributed by atoms with E-state index in [9.17, 15) is 2.74 Å². The first-order valence-corrected chi connectivity index (χ1v) is 22.3. The monoisotopic (exact) mass is 1080 g/mol. The van der Waals surface area contributed by atoms with Crippen LogP contribution in [0.3, 0.4) is 0 Å². The zero-order chi connectivity index (χ0) is 58.4. The second-order valence-electron chi connectivity index (χ2n) is 19.3. The molecule has 2 aromatic heterocycles. The van der Waals surface area contributed by atoms with Crippen molar-refractivity contribution in [2.24, 2.45) is 0 Å². The van der Waals surface area contributed by atoms with Crippen LogP contribution >= 0.6 is 0 Å². The molecular formula is C63H61N3OPt. The Kier molecular flexibility index (Phi) is 9.31. The van der Waals surface area contributed by atoms with Gasteiger partial charge >= 0.3 is 21.1 Å². The van der Waals surface area contributed by atoms with Gasteiger partial charge in [0.2, 0.25) is 0 Å². The van der Waals surface area contributed by atoms with Crippen molar-refractivity contribution in [1.82, 2.24) is 14.5 Å². The summed E-state index contributed by atoms with van der Waals surface area (Å²) in [4.78, 5) is 10.3. The fourth-order valence-corrected chi connectivity index (χ4v) is 8.66. The number of hydrogen-bond acceptors (Lipinski definition) is 3. The van der Waals surface area contributed by atoms with Crippen molar-refractivity contribution in [1.29, 1.82) is 0 Å². The summed E-state index contributed by atoms with van der Waals surface area (Å²) >= 11 is 0. The fraction of sp³-hybridized carbons (Fsp3) is 0.222. The van der Waals surface area contributed by atoms with Gasteiger partial charge < -0.3 is 4.74 Å². The Morgan fingerprint density at radius 1 is 0.588 bits per heavy atom. The molecule has 9 aromatic rings. The van der Waals surface area contributed by atoms with Crippen molar-refractivity contribution in [3.8, 4) is 78.6 Å². The van der Waals surface area contributed by atoms with E-state index in [1.54, 1.807) is 6.07 Å². The Hall–Kier alpha value is -6.35. The van der Waals surface area contributed by atoms with Crippen LogP contribution in [0, 0.1) is 27.0 Å². The van der Waals surface area contributed by atoms with E-state index in [1.165, 1.54) is 17.8 Å². The van der Waals surface area contributed by atoms with Crippen LogP contribution in [-0.4, -0.2) is 14.5 Å². The van der Waals surface area contributed by atoms with Gasteiger partial charge in [0.05, 0.1) is 33.5 Å². The third-order valence-corrected chi connectivity index (χ3v) is 12.2. The van der Waals surface area contributed by atoms with Crippen LogP contribution < -0.4 is 4.74 Å². The molecule has 0 aliphatic carbocycles. The molecule has 4 nitrogen and oxygen atoms in total. The minimum atomic E-state index is -3.82. The minimum Gasteiger partial charge on any atom is -0.665 e. The number of para-hydroxylation sites is 1. The number of aryl methyl sites for hydroxylation is 2. The molecule has 0 aliphatic heterocycles. The number of imidazole rings is 1. The molecule has 0 atom stereocenters. The minimum absolute atomic E-state index is 0. The van der Waals surface area contributed by atoms with Crippen molar-refractivity contribution in [3.05, 3.63) is 199 Å². The zero-order valence-corrected chi connectivity index (χ0v) is 41.7. The number of fused-ring (bicyclic) bond motifs is 1. The number of aromatic nitrogens is 3. The van der Waals surface area contributed by atoms with E-state index in [-0.39, 0.29) is 43.0 Å². The van der Waals surface area contributed by atoms with E-state index in [1.807, 2.05) is 80.6 Å². The Labute approximate surface area is 437 Å². The van der Waals surface area contributed by atoms with Crippen molar-refractivity contribution >= 4 is 11.0 Å². The first-order valence-electron chi connectivity index (χ1n) is 28.8. The molecule has 7 aromatic carbocycles. The van der Waals surface area contributed by atoms with E-state index < -0.39 is 55.7 Å². The quantitative estimate of drug-likeness (QED) is 0.142. The van der Waals surface area contributed by atoms with Gasteiger partial charge in [-0.15, -0.1) is 23.8 Å². The van der Waals surface area contributed by atoms with Crippen LogP contribution in [0.25, 0.3) is 83.9 Å². The smallest absolute Gasteiger partial charge is 0.665 e. The Bertz CT molecular complexity index is 3800. The zero-order valence-electron chi connectivity index (χ0n) is 52.5. The number of ether oxygens (including phenoxy) is 1. The topological polar surface area (TPSA) is 39.9 Å². The first-order chi connectivity index (χ1) is 37.3. The molecule has 0 N–H and O–H groups in total. The Morgan fingerprint density at radius 3 is 1.96 bits per heavy atom. The molecule has 0 aliphatic rings. The molecule has 0 saturated carbocycles. The van der Waals surface area contributed by atoms with Crippen LogP contribution in [0.5, 0.6) is 5.75 Å². The summed E-state index contributed by atoms with van der Waals surface area (Å²) in [5.74, 6) is 1.19. The van der Waals surface area contributed by atoms with Crippen LogP contribution in [0.1, 0.15) is 108 Å². The summed E-state index contributed by atoms with van der Waals surface area (Å²) in [6.45, 7) is 5.74. The van der Waals surface area contributed by atoms with Crippen LogP contribution in [-0.2, 0) is 37.3 Å². The Balaban J connectivity index is 0.00000860. The van der Waals surface area contributed by atoms with Crippen molar-refractivity contribution in [3.63, 3.8) is 0 Å². The van der Waals surface area contributed by atoms with Crippen molar-refractivity contribution in [2.75, 3.05) is 0 Å². The number of nitrogens with zero attached hydrogens (tertiary/aromatic N) is 3. The van der Waals surface area contributed by atoms with E-state index in [0.29, 0.717) is 33.9 Å². The number of hydrogen-bond donors (Lipinski definition) is 0. The maximum atomic E-state index is 9.19. The van der Waals surface area contributed by atoms with Gasteiger partial charge in [-0.2, -0.15) is 7.11 Å². The van der Waals surface area contributed by atoms with Gasteiger partial charge in [0.25, 0.3) is 0 Å². The number of benzene rings is 7. The van der Waals surface area contributed by atoms with Crippen molar-refractivity contribution < 1.29 is 43.6 Å². The largest absolute Gasteiger partial charge is 2.00 e. The SMILES string of the molecule is [2H]c1c([2H])c(C(C([2H])([2H])[2H])(C([2H])([2H])[2H])C([2H])([2H])[2H])c([2H])c([2H])c1-c1ccnc(-c2[c-]c(-c3cccc4c3nc(-c3cc(C)cc(C)c3O[CH2-])n4-c3cc(C(C)(C)C)ccc3-c3ccc(C(C)(C)C)cc3)cc(-c3ccccc3)c2)c1.[Pt+2]. The van der Waals surface area contributed by atoms with Gasteiger partial charge in [-0.25, -0.2) is 4.98 Å². The second kappa shape index (κ2) is 18.6. The summed E-state index contributed by atoms with van der Waals surface area (Å²) in [6, 6.07) is 41.9. The van der Waals surface area contributed by atoms with Gasteiger partial charge in [0, 0.05) is 29.8 Å². The molecule has 2 heterocycles. The summed E-state index contributed by atoms with van der Waals surface area (Å²) in [6.07, 6.45) is 1.42. The standard InChI is InChI=1S/C63H61N3O.Pt/c1-40-33-41(2)59(67-12)54(34-40)60-65-58-53(19-16-20-56(58)66(60)57-39-51(63(9,10)11)29-30-52(57)44-23-27-50(28-24-44)62(6,7)8)47-35-46(42-17-14-13-15-18-42)36-48(37-47)55-38-45(31-32-64-55)43-21-25-49(26-22-43)61(3,4)5;/h13-36,38-39H,12H2,1-11H3;/q-2;+2/i3D3,4D3,5D3,21D,22D,25D,26D;. The maximum absolute atomic E-state index is 9.19. The van der Waals surface area contributed by atoms with Crippen LogP contribution in [0.4, 0.5) is 0 Å². The van der Waals surface area contributed by atoms with E-state index in [2.05, 4.69) is 108 Å². The van der Waals surface area contributed by atoms with E-state index in [4.69, 9.17) is 29.8 Å². The molecule has 9 rings (SSSR count). The molecule has 0 fully saturated rings. The van der Waals surface area contributed by atoms with Crippen LogP contribution in [0.2, 0.25) is 0 Å². The van der Waals surface area contributed by atoms with Crippen LogP contribution in [0.15, 0.2) is 158 Å². The predicted molar refractivity (Wildman–Crippen MR) is 282 cm³/mol. The number of pyridine rings is 1. The molecule has 0 unspecified atom stereocenters. The normalized spacial score (nSPS) is 15.3. The van der Waals surface area contributed by atoms with Gasteiger partial charge in [-0.3, -0.25) is 9.55 Å².